The molecule has 2 heteroatoms. The van der Waals surface area contributed by atoms with Crippen molar-refractivity contribution >= 4 is 5.71 Å². The zero-order chi connectivity index (χ0) is 7.11. The van der Waals surface area contributed by atoms with Crippen molar-refractivity contribution < 1.29 is 0 Å². The van der Waals surface area contributed by atoms with Crippen molar-refractivity contribution in [3.63, 3.8) is 0 Å². The van der Waals surface area contributed by atoms with E-state index in [0.717, 1.165) is 19.4 Å². The fourth-order valence-corrected chi connectivity index (χ4v) is 0.598. The number of hydrogen-bond donors (Lipinski definition) is 0. The first kappa shape index (κ1) is 8.16. The van der Waals surface area contributed by atoms with Gasteiger partial charge in [-0.3, -0.25) is 4.99 Å². The van der Waals surface area contributed by atoms with Crippen LogP contribution in [-0.4, -0.2) is 12.3 Å². The Morgan fingerprint density at radius 3 is 2.56 bits per heavy atom. The van der Waals surface area contributed by atoms with Gasteiger partial charge in [0.25, 0.3) is 0 Å². The van der Waals surface area contributed by atoms with Crippen molar-refractivity contribution in [2.45, 2.75) is 26.7 Å². The summed E-state index contributed by atoms with van der Waals surface area (Å²) in [5.41, 5.74) is 0.681. The molecule has 0 amide bonds. The zero-order valence-electron chi connectivity index (χ0n) is 6.02. The van der Waals surface area contributed by atoms with E-state index >= 15 is 0 Å². The average molecular weight is 124 g/mol. The van der Waals surface area contributed by atoms with Crippen LogP contribution in [0, 0.1) is 11.3 Å². The van der Waals surface area contributed by atoms with Crippen LogP contribution in [0.4, 0.5) is 0 Å². The predicted molar refractivity (Wildman–Crippen MR) is 38.5 cm³/mol. The van der Waals surface area contributed by atoms with Gasteiger partial charge >= 0.3 is 0 Å². The summed E-state index contributed by atoms with van der Waals surface area (Å²) in [6, 6.07) is 2.05. The van der Waals surface area contributed by atoms with Crippen molar-refractivity contribution in [2.24, 2.45) is 4.99 Å². The smallest absolute Gasteiger partial charge is 0.114 e. The van der Waals surface area contributed by atoms with Gasteiger partial charge in [0.2, 0.25) is 0 Å². The predicted octanol–water partition coefficient (Wildman–Crippen LogP) is 1.77. The standard InChI is InChI=1S/C7H12N2/c1-3-5-7(6-8)9-4-2/h3-5H2,1-2H3/b9-7+. The van der Waals surface area contributed by atoms with Crippen LogP contribution in [-0.2, 0) is 0 Å². The molecule has 0 N–H and O–H groups in total. The normalized spacial score (nSPS) is 11.0. The molecule has 0 unspecified atom stereocenters. The molecule has 0 aromatic carbocycles. The van der Waals surface area contributed by atoms with E-state index in [0.29, 0.717) is 5.71 Å². The molecule has 0 spiro atoms. The Morgan fingerprint density at radius 2 is 2.22 bits per heavy atom. The Bertz CT molecular complexity index is 130. The molecule has 9 heavy (non-hydrogen) atoms. The lowest BCUT2D eigenvalue weighted by Gasteiger charge is -1.89. The van der Waals surface area contributed by atoms with Gasteiger partial charge < -0.3 is 0 Å². The van der Waals surface area contributed by atoms with Crippen LogP contribution >= 0.6 is 0 Å². The van der Waals surface area contributed by atoms with Gasteiger partial charge in [-0.05, 0) is 19.8 Å². The number of aliphatic imine (C=N–C) groups is 1. The van der Waals surface area contributed by atoms with Gasteiger partial charge in [0.15, 0.2) is 0 Å². The summed E-state index contributed by atoms with van der Waals surface area (Å²) < 4.78 is 0. The van der Waals surface area contributed by atoms with Gasteiger partial charge in [-0.1, -0.05) is 6.92 Å². The van der Waals surface area contributed by atoms with Crippen LogP contribution in [0.5, 0.6) is 0 Å². The Hall–Kier alpha value is -0.840. The molecule has 0 aromatic rings. The van der Waals surface area contributed by atoms with Gasteiger partial charge in [0.05, 0.1) is 0 Å². The molecule has 0 saturated heterocycles. The molecule has 0 aliphatic heterocycles. The topological polar surface area (TPSA) is 36.1 Å². The molecular formula is C7H12N2. The summed E-state index contributed by atoms with van der Waals surface area (Å²) >= 11 is 0. The molecule has 0 saturated carbocycles. The van der Waals surface area contributed by atoms with Gasteiger partial charge in [0.1, 0.15) is 11.8 Å². The van der Waals surface area contributed by atoms with Crippen molar-refractivity contribution in [3.8, 4) is 6.07 Å². The van der Waals surface area contributed by atoms with Crippen LogP contribution < -0.4 is 0 Å². The van der Waals surface area contributed by atoms with E-state index in [4.69, 9.17) is 5.26 Å². The van der Waals surface area contributed by atoms with Crippen LogP contribution in [0.2, 0.25) is 0 Å². The van der Waals surface area contributed by atoms with Crippen LogP contribution in [0.1, 0.15) is 26.7 Å². The summed E-state index contributed by atoms with van der Waals surface area (Å²) in [6.45, 7) is 4.71. The third-order valence-electron chi connectivity index (χ3n) is 0.965. The highest BCUT2D eigenvalue weighted by Gasteiger charge is 1.91. The second kappa shape index (κ2) is 5.30. The second-order valence-electron chi connectivity index (χ2n) is 1.78. The van der Waals surface area contributed by atoms with Crippen LogP contribution in [0.15, 0.2) is 4.99 Å². The molecule has 50 valence electrons. The van der Waals surface area contributed by atoms with Gasteiger partial charge in [0, 0.05) is 6.54 Å². The van der Waals surface area contributed by atoms with Crippen molar-refractivity contribution in [2.75, 3.05) is 6.54 Å². The molecule has 0 aromatic heterocycles. The van der Waals surface area contributed by atoms with Crippen molar-refractivity contribution in [3.05, 3.63) is 0 Å². The lowest BCUT2D eigenvalue weighted by molar-refractivity contribution is 0.981. The highest BCUT2D eigenvalue weighted by Crippen LogP contribution is 1.90. The first-order valence-electron chi connectivity index (χ1n) is 3.28. The van der Waals surface area contributed by atoms with Crippen molar-refractivity contribution in [1.29, 1.82) is 5.26 Å². The summed E-state index contributed by atoms with van der Waals surface area (Å²) in [5.74, 6) is 0. The average Bonchev–Trinajstić information content (AvgIpc) is 1.88. The fourth-order valence-electron chi connectivity index (χ4n) is 0.598. The minimum atomic E-state index is 0.681. The van der Waals surface area contributed by atoms with E-state index in [1.54, 1.807) is 0 Å². The Labute approximate surface area is 56.2 Å². The molecule has 0 heterocycles. The maximum absolute atomic E-state index is 8.41. The first-order valence-corrected chi connectivity index (χ1v) is 3.28. The summed E-state index contributed by atoms with van der Waals surface area (Å²) in [6.07, 6.45) is 1.83. The van der Waals surface area contributed by atoms with Gasteiger partial charge in [-0.15, -0.1) is 0 Å². The highest BCUT2D eigenvalue weighted by molar-refractivity contribution is 5.98. The third kappa shape index (κ3) is 3.72. The molecule has 0 atom stereocenters. The number of rotatable bonds is 3. The molecule has 0 aliphatic carbocycles. The highest BCUT2D eigenvalue weighted by atomic mass is 14.7. The Balaban J connectivity index is 3.71. The number of hydrogen-bond acceptors (Lipinski definition) is 2. The molecule has 0 aliphatic rings. The van der Waals surface area contributed by atoms with E-state index in [9.17, 15) is 0 Å². The lowest BCUT2D eigenvalue weighted by Crippen LogP contribution is -1.92. The van der Waals surface area contributed by atoms with E-state index in [1.165, 1.54) is 0 Å². The fraction of sp³-hybridized carbons (Fsp3) is 0.714. The van der Waals surface area contributed by atoms with E-state index < -0.39 is 0 Å². The van der Waals surface area contributed by atoms with Crippen LogP contribution in [0.25, 0.3) is 0 Å². The number of nitriles is 1. The van der Waals surface area contributed by atoms with Gasteiger partial charge in [-0.2, -0.15) is 5.26 Å². The maximum atomic E-state index is 8.41. The largest absolute Gasteiger partial charge is 0.279 e. The minimum Gasteiger partial charge on any atom is -0.279 e. The molecule has 0 bridgehead atoms. The second-order valence-corrected chi connectivity index (χ2v) is 1.78. The van der Waals surface area contributed by atoms with E-state index in [2.05, 4.69) is 11.1 Å². The van der Waals surface area contributed by atoms with E-state index in [1.807, 2.05) is 13.8 Å². The Kier molecular flexibility index (Phi) is 4.81. The summed E-state index contributed by atoms with van der Waals surface area (Å²) in [5, 5.41) is 8.41. The molecule has 0 fully saturated rings. The lowest BCUT2D eigenvalue weighted by atomic mass is 10.2. The summed E-state index contributed by atoms with van der Waals surface area (Å²) in [4.78, 5) is 3.99. The zero-order valence-corrected chi connectivity index (χ0v) is 6.02. The van der Waals surface area contributed by atoms with E-state index in [-0.39, 0.29) is 0 Å². The van der Waals surface area contributed by atoms with Crippen molar-refractivity contribution in [1.82, 2.24) is 0 Å². The van der Waals surface area contributed by atoms with Gasteiger partial charge in [-0.25, -0.2) is 0 Å². The third-order valence-corrected chi connectivity index (χ3v) is 0.965. The number of nitrogens with zero attached hydrogens (tertiary/aromatic N) is 2. The quantitative estimate of drug-likeness (QED) is 0.528. The maximum Gasteiger partial charge on any atom is 0.114 e. The van der Waals surface area contributed by atoms with Crippen LogP contribution in [0.3, 0.4) is 0 Å². The molecular weight excluding hydrogens is 112 g/mol. The molecule has 0 rings (SSSR count). The molecule has 0 radical (unpaired) electrons. The summed E-state index contributed by atoms with van der Waals surface area (Å²) in [7, 11) is 0. The molecule has 2 nitrogen and oxygen atoms in total. The SMILES string of the molecule is CCC/C(C#N)=N\CC. The minimum absolute atomic E-state index is 0.681. The monoisotopic (exact) mass is 124 g/mol. The first-order chi connectivity index (χ1) is 4.35. The Morgan fingerprint density at radius 1 is 1.56 bits per heavy atom.